The van der Waals surface area contributed by atoms with Crippen molar-refractivity contribution < 1.29 is 4.79 Å². The smallest absolute Gasteiger partial charge is 0.272 e. The Morgan fingerprint density at radius 3 is 2.74 bits per heavy atom. The predicted molar refractivity (Wildman–Crippen MR) is 73.8 cm³/mol. The largest absolute Gasteiger partial charge is 0.334 e. The summed E-state index contributed by atoms with van der Waals surface area (Å²) in [6.45, 7) is 7.88. The first-order chi connectivity index (χ1) is 8.80. The van der Waals surface area contributed by atoms with E-state index in [1.807, 2.05) is 13.1 Å². The Kier molecular flexibility index (Phi) is 2.57. The molecular weight excluding hydrogens is 238 g/mol. The molecule has 2 fully saturated rings. The molecule has 0 N–H and O–H groups in total. The van der Waals surface area contributed by atoms with E-state index in [1.54, 1.807) is 10.9 Å². The Bertz CT molecular complexity index is 519. The highest BCUT2D eigenvalue weighted by Gasteiger charge is 2.51. The number of fused-ring (bicyclic) bond motifs is 2. The van der Waals surface area contributed by atoms with E-state index in [9.17, 15) is 4.79 Å². The molecule has 4 nitrogen and oxygen atoms in total. The predicted octanol–water partition coefficient (Wildman–Crippen LogP) is 2.46. The number of likely N-dealkylation sites (tertiary alicyclic amines) is 1. The Balaban J connectivity index is 1.88. The normalized spacial score (nSPS) is 32.6. The van der Waals surface area contributed by atoms with Crippen molar-refractivity contribution in [1.82, 2.24) is 14.7 Å². The lowest BCUT2D eigenvalue weighted by molar-refractivity contribution is 0.0697. The SMILES string of the molecule is Cn1nccc1C(=O)N1CC2(C)CC1CC(C)(C)C2. The first-order valence-corrected chi connectivity index (χ1v) is 7.09. The van der Waals surface area contributed by atoms with Gasteiger partial charge < -0.3 is 4.90 Å². The summed E-state index contributed by atoms with van der Waals surface area (Å²) in [4.78, 5) is 14.8. The molecule has 0 spiro atoms. The quantitative estimate of drug-likeness (QED) is 0.779. The summed E-state index contributed by atoms with van der Waals surface area (Å²) in [7, 11) is 1.83. The molecule has 1 aromatic heterocycles. The van der Waals surface area contributed by atoms with Crippen molar-refractivity contribution in [3.8, 4) is 0 Å². The third-order valence-corrected chi connectivity index (χ3v) is 4.72. The van der Waals surface area contributed by atoms with E-state index in [2.05, 4.69) is 30.8 Å². The van der Waals surface area contributed by atoms with Crippen LogP contribution in [0.4, 0.5) is 0 Å². The standard InChI is InChI=1S/C15H23N3O/c1-14(2)7-11-8-15(3,9-14)10-18(11)13(19)12-5-6-16-17(12)4/h5-6,11H,7-10H2,1-4H3. The fourth-order valence-electron chi connectivity index (χ4n) is 4.43. The van der Waals surface area contributed by atoms with Crippen molar-refractivity contribution in [3.63, 3.8) is 0 Å². The highest BCUT2D eigenvalue weighted by molar-refractivity contribution is 5.93. The molecule has 0 aromatic carbocycles. The Morgan fingerprint density at radius 1 is 1.37 bits per heavy atom. The maximum Gasteiger partial charge on any atom is 0.272 e. The van der Waals surface area contributed by atoms with Crippen molar-refractivity contribution in [2.75, 3.05) is 6.54 Å². The molecule has 4 heteroatoms. The summed E-state index contributed by atoms with van der Waals surface area (Å²) in [5.74, 6) is 0.145. The second-order valence-electron chi connectivity index (χ2n) is 7.49. The molecule has 1 aliphatic carbocycles. The Labute approximate surface area is 114 Å². The first-order valence-electron chi connectivity index (χ1n) is 7.09. The van der Waals surface area contributed by atoms with Gasteiger partial charge in [0.15, 0.2) is 0 Å². The number of carbonyl (C=O) groups excluding carboxylic acids is 1. The zero-order chi connectivity index (χ0) is 13.8. The summed E-state index contributed by atoms with van der Waals surface area (Å²) in [6.07, 6.45) is 5.18. The van der Waals surface area contributed by atoms with Crippen LogP contribution in [-0.2, 0) is 7.05 Å². The van der Waals surface area contributed by atoms with E-state index in [-0.39, 0.29) is 5.91 Å². The Hall–Kier alpha value is -1.32. The van der Waals surface area contributed by atoms with Crippen LogP contribution in [0.25, 0.3) is 0 Å². The molecule has 2 bridgehead atoms. The van der Waals surface area contributed by atoms with Crippen molar-refractivity contribution in [2.24, 2.45) is 17.9 Å². The molecule has 1 aromatic rings. The van der Waals surface area contributed by atoms with Crippen molar-refractivity contribution >= 4 is 5.91 Å². The summed E-state index contributed by atoms with van der Waals surface area (Å²) in [5.41, 5.74) is 1.34. The van der Waals surface area contributed by atoms with Gasteiger partial charge in [0.25, 0.3) is 5.91 Å². The summed E-state index contributed by atoms with van der Waals surface area (Å²) in [6, 6.07) is 2.22. The van der Waals surface area contributed by atoms with Gasteiger partial charge in [-0.05, 0) is 36.2 Å². The van der Waals surface area contributed by atoms with Crippen LogP contribution in [0, 0.1) is 10.8 Å². The van der Waals surface area contributed by atoms with Gasteiger partial charge >= 0.3 is 0 Å². The molecular formula is C15H23N3O. The minimum Gasteiger partial charge on any atom is -0.334 e. The zero-order valence-electron chi connectivity index (χ0n) is 12.3. The molecule has 2 aliphatic rings. The molecule has 2 heterocycles. The zero-order valence-corrected chi connectivity index (χ0v) is 12.3. The molecule has 2 unspecified atom stereocenters. The molecule has 1 saturated carbocycles. The van der Waals surface area contributed by atoms with E-state index in [1.165, 1.54) is 6.42 Å². The molecule has 19 heavy (non-hydrogen) atoms. The van der Waals surface area contributed by atoms with Crippen LogP contribution in [-0.4, -0.2) is 33.2 Å². The number of hydrogen-bond donors (Lipinski definition) is 0. The van der Waals surface area contributed by atoms with Gasteiger partial charge in [-0.2, -0.15) is 5.10 Å². The van der Waals surface area contributed by atoms with Gasteiger partial charge in [-0.1, -0.05) is 20.8 Å². The topological polar surface area (TPSA) is 38.1 Å². The third-order valence-electron chi connectivity index (χ3n) is 4.72. The third kappa shape index (κ3) is 2.07. The van der Waals surface area contributed by atoms with Crippen LogP contribution in [0.2, 0.25) is 0 Å². The minimum absolute atomic E-state index is 0.145. The van der Waals surface area contributed by atoms with Crippen molar-refractivity contribution in [2.45, 2.75) is 46.1 Å². The number of carbonyl (C=O) groups is 1. The van der Waals surface area contributed by atoms with Gasteiger partial charge in [0.05, 0.1) is 0 Å². The molecule has 3 rings (SSSR count). The molecule has 1 amide bonds. The van der Waals surface area contributed by atoms with Gasteiger partial charge in [-0.3, -0.25) is 9.48 Å². The molecule has 0 radical (unpaired) electrons. The van der Waals surface area contributed by atoms with Crippen LogP contribution in [0.3, 0.4) is 0 Å². The summed E-state index contributed by atoms with van der Waals surface area (Å²) < 4.78 is 1.68. The average molecular weight is 261 g/mol. The molecule has 1 saturated heterocycles. The molecule has 2 atom stereocenters. The van der Waals surface area contributed by atoms with E-state index in [4.69, 9.17) is 0 Å². The van der Waals surface area contributed by atoms with Gasteiger partial charge in [0.2, 0.25) is 0 Å². The van der Waals surface area contributed by atoms with E-state index < -0.39 is 0 Å². The van der Waals surface area contributed by atoms with Crippen LogP contribution >= 0.6 is 0 Å². The second kappa shape index (κ2) is 3.84. The van der Waals surface area contributed by atoms with Crippen molar-refractivity contribution in [3.05, 3.63) is 18.0 Å². The Morgan fingerprint density at radius 2 is 2.11 bits per heavy atom. The first kappa shape index (κ1) is 12.7. The van der Waals surface area contributed by atoms with Gasteiger partial charge in [-0.15, -0.1) is 0 Å². The second-order valence-corrected chi connectivity index (χ2v) is 7.49. The van der Waals surface area contributed by atoms with E-state index >= 15 is 0 Å². The molecule has 104 valence electrons. The fourth-order valence-corrected chi connectivity index (χ4v) is 4.43. The van der Waals surface area contributed by atoms with Crippen LogP contribution in [0.5, 0.6) is 0 Å². The maximum absolute atomic E-state index is 12.7. The van der Waals surface area contributed by atoms with E-state index in [0.717, 1.165) is 19.4 Å². The van der Waals surface area contributed by atoms with Gasteiger partial charge in [0, 0.05) is 25.8 Å². The van der Waals surface area contributed by atoms with Gasteiger partial charge in [-0.25, -0.2) is 0 Å². The summed E-state index contributed by atoms with van der Waals surface area (Å²) in [5, 5.41) is 4.11. The number of amides is 1. The number of rotatable bonds is 1. The minimum atomic E-state index is 0.145. The number of hydrogen-bond acceptors (Lipinski definition) is 2. The van der Waals surface area contributed by atoms with Crippen LogP contribution in [0.15, 0.2) is 12.3 Å². The monoisotopic (exact) mass is 261 g/mol. The van der Waals surface area contributed by atoms with Crippen LogP contribution in [0.1, 0.15) is 50.5 Å². The van der Waals surface area contributed by atoms with E-state index in [0.29, 0.717) is 22.6 Å². The fraction of sp³-hybridized carbons (Fsp3) is 0.733. The lowest BCUT2D eigenvalue weighted by atomic mass is 9.65. The number of aromatic nitrogens is 2. The highest BCUT2D eigenvalue weighted by Crippen LogP contribution is 2.52. The van der Waals surface area contributed by atoms with Crippen LogP contribution < -0.4 is 0 Å². The van der Waals surface area contributed by atoms with Gasteiger partial charge in [0.1, 0.15) is 5.69 Å². The highest BCUT2D eigenvalue weighted by atomic mass is 16.2. The molecule has 1 aliphatic heterocycles. The maximum atomic E-state index is 12.7. The lowest BCUT2D eigenvalue weighted by Gasteiger charge is -2.39. The number of nitrogens with zero attached hydrogens (tertiary/aromatic N) is 3. The lowest BCUT2D eigenvalue weighted by Crippen LogP contribution is -2.38. The van der Waals surface area contributed by atoms with Crippen molar-refractivity contribution in [1.29, 1.82) is 0 Å². The summed E-state index contributed by atoms with van der Waals surface area (Å²) >= 11 is 0. The number of aryl methyl sites for hydroxylation is 1. The average Bonchev–Trinajstić information content (AvgIpc) is 2.78.